The van der Waals surface area contributed by atoms with E-state index in [2.05, 4.69) is 41.5 Å². The van der Waals surface area contributed by atoms with Gasteiger partial charge in [-0.25, -0.2) is 0 Å². The Labute approximate surface area is 153 Å². The van der Waals surface area contributed by atoms with Gasteiger partial charge in [-0.3, -0.25) is 4.79 Å². The summed E-state index contributed by atoms with van der Waals surface area (Å²) < 4.78 is 0.793. The average Bonchev–Trinajstić information content (AvgIpc) is 3.25. The van der Waals surface area contributed by atoms with E-state index in [1.807, 2.05) is 29.6 Å². The molecule has 1 N–H and O–H groups in total. The zero-order chi connectivity index (χ0) is 16.9. The van der Waals surface area contributed by atoms with E-state index >= 15 is 0 Å². The van der Waals surface area contributed by atoms with Crippen LogP contribution in [0, 0.1) is 0 Å². The number of benzene rings is 1. The lowest BCUT2D eigenvalue weighted by Gasteiger charge is -2.06. The number of Topliss-reactive ketones (excluding diaryl/α,β-unsaturated/α-hetero) is 1. The Morgan fingerprint density at radius 2 is 2.00 bits per heavy atom. The molecule has 7 heteroatoms. The molecule has 124 valence electrons. The maximum absolute atomic E-state index is 12.0. The van der Waals surface area contributed by atoms with Crippen LogP contribution in [0.4, 0.5) is 10.8 Å². The molecule has 0 radical (unpaired) electrons. The summed E-state index contributed by atoms with van der Waals surface area (Å²) in [5.41, 5.74) is 2.29. The maximum Gasteiger partial charge on any atom is 0.210 e. The third-order valence-electron chi connectivity index (χ3n) is 3.36. The molecule has 0 amide bonds. The number of hydrogen-bond acceptors (Lipinski definition) is 7. The van der Waals surface area contributed by atoms with Crippen molar-refractivity contribution in [3.63, 3.8) is 0 Å². The molecule has 0 aliphatic rings. The number of nitrogens with one attached hydrogen (secondary N) is 1. The van der Waals surface area contributed by atoms with Gasteiger partial charge in [-0.05, 0) is 35.1 Å². The van der Waals surface area contributed by atoms with Crippen LogP contribution in [0.2, 0.25) is 0 Å². The summed E-state index contributed by atoms with van der Waals surface area (Å²) in [5, 5.41) is 14.2. The highest BCUT2D eigenvalue weighted by atomic mass is 32.2. The third-order valence-corrected chi connectivity index (χ3v) is 6.24. The summed E-state index contributed by atoms with van der Waals surface area (Å²) in [4.78, 5) is 12.8. The van der Waals surface area contributed by atoms with Gasteiger partial charge in [-0.15, -0.1) is 21.5 Å². The first kappa shape index (κ1) is 17.1. The fourth-order valence-electron chi connectivity index (χ4n) is 2.03. The second-order valence-electron chi connectivity index (χ2n) is 5.46. The fraction of sp³-hybridized carbons (Fsp3) is 0.235. The van der Waals surface area contributed by atoms with Crippen molar-refractivity contribution in [2.45, 2.75) is 24.1 Å². The van der Waals surface area contributed by atoms with Crippen molar-refractivity contribution in [1.82, 2.24) is 10.2 Å². The highest BCUT2D eigenvalue weighted by Gasteiger charge is 2.11. The van der Waals surface area contributed by atoms with Gasteiger partial charge < -0.3 is 5.32 Å². The second-order valence-corrected chi connectivity index (χ2v) is 8.61. The molecule has 3 rings (SSSR count). The molecule has 2 heterocycles. The van der Waals surface area contributed by atoms with Crippen LogP contribution in [-0.4, -0.2) is 21.7 Å². The van der Waals surface area contributed by atoms with Crippen LogP contribution in [0.25, 0.3) is 0 Å². The molecule has 0 saturated carbocycles. The second kappa shape index (κ2) is 7.92. The van der Waals surface area contributed by atoms with E-state index in [9.17, 15) is 4.79 Å². The zero-order valence-corrected chi connectivity index (χ0v) is 15.8. The fourth-order valence-corrected chi connectivity index (χ4v) is 4.44. The molecule has 3 aromatic rings. The maximum atomic E-state index is 12.0. The number of thioether (sulfide) groups is 1. The molecule has 0 aliphatic heterocycles. The number of hydrogen-bond donors (Lipinski definition) is 1. The van der Waals surface area contributed by atoms with E-state index in [0.29, 0.717) is 11.7 Å². The van der Waals surface area contributed by atoms with Crippen LogP contribution in [0.3, 0.4) is 0 Å². The Bertz CT molecular complexity index is 795. The number of thiophene rings is 1. The van der Waals surface area contributed by atoms with E-state index in [1.54, 1.807) is 0 Å². The number of carbonyl (C=O) groups is 1. The number of aromatic nitrogens is 2. The van der Waals surface area contributed by atoms with Gasteiger partial charge in [0.1, 0.15) is 0 Å². The number of ketones is 1. The van der Waals surface area contributed by atoms with Gasteiger partial charge in [0, 0.05) is 5.69 Å². The number of rotatable bonds is 7. The Morgan fingerprint density at radius 1 is 1.21 bits per heavy atom. The van der Waals surface area contributed by atoms with E-state index in [-0.39, 0.29) is 5.78 Å². The quantitative estimate of drug-likeness (QED) is 0.440. The van der Waals surface area contributed by atoms with E-state index in [1.165, 1.54) is 40.0 Å². The first-order chi connectivity index (χ1) is 11.6. The molecule has 0 fully saturated rings. The number of nitrogens with zero attached hydrogens (tertiary/aromatic N) is 2. The average molecular weight is 376 g/mol. The minimum Gasteiger partial charge on any atom is -0.330 e. The monoisotopic (exact) mass is 375 g/mol. The minimum atomic E-state index is 0.129. The highest BCUT2D eigenvalue weighted by molar-refractivity contribution is 8.01. The van der Waals surface area contributed by atoms with Gasteiger partial charge in [0.25, 0.3) is 0 Å². The molecule has 0 spiro atoms. The molecule has 1 aromatic carbocycles. The predicted octanol–water partition coefficient (Wildman–Crippen LogP) is 5.44. The van der Waals surface area contributed by atoms with E-state index in [0.717, 1.165) is 20.0 Å². The van der Waals surface area contributed by atoms with Crippen LogP contribution < -0.4 is 5.32 Å². The van der Waals surface area contributed by atoms with Gasteiger partial charge in [0.2, 0.25) is 5.13 Å². The lowest BCUT2D eigenvalue weighted by Crippen LogP contribution is -1.98. The van der Waals surface area contributed by atoms with Crippen molar-refractivity contribution in [3.8, 4) is 0 Å². The first-order valence-corrected chi connectivity index (χ1v) is 10.2. The number of anilines is 2. The molecular weight excluding hydrogens is 358 g/mol. The minimum absolute atomic E-state index is 0.129. The summed E-state index contributed by atoms with van der Waals surface area (Å²) in [5.74, 6) is 1.03. The molecule has 0 bridgehead atoms. The van der Waals surface area contributed by atoms with Crippen LogP contribution in [0.5, 0.6) is 0 Å². The summed E-state index contributed by atoms with van der Waals surface area (Å²) in [6, 6.07) is 12.1. The number of carbonyl (C=O) groups excluding carboxylic acids is 1. The Balaban J connectivity index is 1.56. The Hall–Kier alpha value is -1.70. The lowest BCUT2D eigenvalue weighted by atomic mass is 10.0. The standard InChI is InChI=1S/C17H17N3OS3/c1-11(2)12-5-7-13(8-6-12)18-16-19-20-17(24-16)23-10-14(21)15-4-3-9-22-15/h3-9,11H,10H2,1-2H3,(H,18,19). The molecule has 0 unspecified atom stereocenters. The van der Waals surface area contributed by atoms with Gasteiger partial charge >= 0.3 is 0 Å². The SMILES string of the molecule is CC(C)c1ccc(Nc2nnc(SCC(=O)c3cccs3)s2)cc1. The van der Waals surface area contributed by atoms with Crippen LogP contribution >= 0.6 is 34.4 Å². The molecule has 24 heavy (non-hydrogen) atoms. The molecule has 0 saturated heterocycles. The zero-order valence-electron chi connectivity index (χ0n) is 13.4. The highest BCUT2D eigenvalue weighted by Crippen LogP contribution is 2.29. The van der Waals surface area contributed by atoms with Gasteiger partial charge in [-0.1, -0.05) is 55.1 Å². The van der Waals surface area contributed by atoms with Gasteiger partial charge in [0.15, 0.2) is 10.1 Å². The topological polar surface area (TPSA) is 54.9 Å². The van der Waals surface area contributed by atoms with Crippen LogP contribution in [-0.2, 0) is 0 Å². The molecular formula is C17H17N3OS3. The molecule has 2 aromatic heterocycles. The van der Waals surface area contributed by atoms with Crippen molar-refractivity contribution in [3.05, 3.63) is 52.2 Å². The van der Waals surface area contributed by atoms with E-state index in [4.69, 9.17) is 0 Å². The first-order valence-electron chi connectivity index (χ1n) is 7.52. The van der Waals surface area contributed by atoms with Crippen molar-refractivity contribution in [2.24, 2.45) is 0 Å². The van der Waals surface area contributed by atoms with Crippen LogP contribution in [0.1, 0.15) is 35.0 Å². The summed E-state index contributed by atoms with van der Waals surface area (Å²) >= 11 is 4.35. The molecule has 0 aliphatic carbocycles. The molecule has 0 atom stereocenters. The van der Waals surface area contributed by atoms with Crippen LogP contribution in [0.15, 0.2) is 46.1 Å². The lowest BCUT2D eigenvalue weighted by molar-refractivity contribution is 0.102. The smallest absolute Gasteiger partial charge is 0.210 e. The molecule has 4 nitrogen and oxygen atoms in total. The Morgan fingerprint density at radius 3 is 2.67 bits per heavy atom. The Kier molecular flexibility index (Phi) is 5.65. The van der Waals surface area contributed by atoms with Crippen molar-refractivity contribution >= 4 is 51.0 Å². The largest absolute Gasteiger partial charge is 0.330 e. The predicted molar refractivity (Wildman–Crippen MR) is 103 cm³/mol. The van der Waals surface area contributed by atoms with Crippen molar-refractivity contribution in [1.29, 1.82) is 0 Å². The van der Waals surface area contributed by atoms with Gasteiger partial charge in [0.05, 0.1) is 10.6 Å². The summed E-state index contributed by atoms with van der Waals surface area (Å²) in [7, 11) is 0. The van der Waals surface area contributed by atoms with Crippen molar-refractivity contribution < 1.29 is 4.79 Å². The summed E-state index contributed by atoms with van der Waals surface area (Å²) in [6.07, 6.45) is 0. The third kappa shape index (κ3) is 4.43. The normalized spacial score (nSPS) is 11.0. The van der Waals surface area contributed by atoms with E-state index < -0.39 is 0 Å². The van der Waals surface area contributed by atoms with Crippen molar-refractivity contribution in [2.75, 3.05) is 11.1 Å². The summed E-state index contributed by atoms with van der Waals surface area (Å²) in [6.45, 7) is 4.35. The van der Waals surface area contributed by atoms with Gasteiger partial charge in [-0.2, -0.15) is 0 Å².